The number of Topliss-reactive ketones (excluding diaryl/α,β-unsaturated/α-hetero) is 1. The number of rotatable bonds is 2. The SMILES string of the molecule is CC1(C)C2CCC1(CC(=O)[O-])C(=O)C2.[Na+]. The molecule has 0 amide bonds. The van der Waals surface area contributed by atoms with Gasteiger partial charge in [0, 0.05) is 24.2 Å². The fraction of sp³-hybridized carbons (Fsp3) is 0.818. The van der Waals surface area contributed by atoms with Gasteiger partial charge in [-0.3, -0.25) is 4.79 Å². The summed E-state index contributed by atoms with van der Waals surface area (Å²) in [5.74, 6) is -0.564. The molecular weight excluding hydrogens is 203 g/mol. The van der Waals surface area contributed by atoms with Crippen molar-refractivity contribution in [1.82, 2.24) is 0 Å². The zero-order valence-electron chi connectivity index (χ0n) is 9.63. The van der Waals surface area contributed by atoms with E-state index in [0.29, 0.717) is 12.3 Å². The second kappa shape index (κ2) is 3.86. The Morgan fingerprint density at radius 2 is 2.13 bits per heavy atom. The Labute approximate surface area is 112 Å². The van der Waals surface area contributed by atoms with Crippen molar-refractivity contribution in [2.75, 3.05) is 0 Å². The Balaban J connectivity index is 0.00000112. The molecule has 4 heteroatoms. The van der Waals surface area contributed by atoms with Gasteiger partial charge in [0.1, 0.15) is 5.78 Å². The number of carbonyl (C=O) groups is 2. The number of ketones is 1. The zero-order valence-corrected chi connectivity index (χ0v) is 11.6. The van der Waals surface area contributed by atoms with Crippen LogP contribution in [-0.4, -0.2) is 11.8 Å². The topological polar surface area (TPSA) is 57.2 Å². The van der Waals surface area contributed by atoms with Crippen molar-refractivity contribution in [1.29, 1.82) is 0 Å². The number of carboxylic acids is 1. The summed E-state index contributed by atoms with van der Waals surface area (Å²) < 4.78 is 0. The Bertz CT molecular complexity index is 311. The molecule has 0 saturated heterocycles. The smallest absolute Gasteiger partial charge is 0.550 e. The summed E-state index contributed by atoms with van der Waals surface area (Å²) >= 11 is 0. The van der Waals surface area contributed by atoms with Crippen molar-refractivity contribution in [2.24, 2.45) is 16.7 Å². The molecule has 0 spiro atoms. The fourth-order valence-corrected chi connectivity index (χ4v) is 3.43. The minimum absolute atomic E-state index is 0. The average molecular weight is 218 g/mol. The zero-order chi connectivity index (χ0) is 10.6. The van der Waals surface area contributed by atoms with Crippen LogP contribution in [0.2, 0.25) is 0 Å². The Kier molecular flexibility index (Phi) is 3.40. The molecule has 78 valence electrons. The van der Waals surface area contributed by atoms with Gasteiger partial charge in [-0.15, -0.1) is 0 Å². The minimum Gasteiger partial charge on any atom is -0.550 e. The molecule has 2 atom stereocenters. The quantitative estimate of drug-likeness (QED) is 0.482. The Hall–Kier alpha value is 0.140. The molecule has 2 bridgehead atoms. The molecule has 0 aromatic heterocycles. The molecule has 2 aliphatic carbocycles. The molecule has 0 aliphatic heterocycles. The van der Waals surface area contributed by atoms with E-state index in [1.807, 2.05) is 13.8 Å². The third-order valence-electron chi connectivity index (χ3n) is 4.59. The third kappa shape index (κ3) is 1.60. The predicted octanol–water partition coefficient (Wildman–Crippen LogP) is -2.47. The van der Waals surface area contributed by atoms with Crippen LogP contribution in [0.5, 0.6) is 0 Å². The van der Waals surface area contributed by atoms with Gasteiger partial charge in [0.25, 0.3) is 0 Å². The van der Waals surface area contributed by atoms with Crippen LogP contribution in [0, 0.1) is 16.7 Å². The van der Waals surface area contributed by atoms with Crippen LogP contribution in [0.3, 0.4) is 0 Å². The molecule has 2 rings (SSSR count). The van der Waals surface area contributed by atoms with Crippen molar-refractivity contribution in [3.05, 3.63) is 0 Å². The average Bonchev–Trinajstić information content (AvgIpc) is 2.36. The van der Waals surface area contributed by atoms with Crippen LogP contribution in [0.1, 0.15) is 39.5 Å². The normalized spacial score (nSPS) is 36.4. The van der Waals surface area contributed by atoms with E-state index in [-0.39, 0.29) is 47.2 Å². The van der Waals surface area contributed by atoms with Crippen molar-refractivity contribution >= 4 is 11.8 Å². The number of carbonyl (C=O) groups excluding carboxylic acids is 2. The van der Waals surface area contributed by atoms with E-state index in [9.17, 15) is 14.7 Å². The van der Waals surface area contributed by atoms with Crippen LogP contribution >= 0.6 is 0 Å². The summed E-state index contributed by atoms with van der Waals surface area (Å²) in [6, 6.07) is 0. The minimum atomic E-state index is -1.09. The maximum absolute atomic E-state index is 11.8. The molecule has 2 aliphatic rings. The monoisotopic (exact) mass is 218 g/mol. The first-order chi connectivity index (χ1) is 6.40. The van der Waals surface area contributed by atoms with Gasteiger partial charge in [-0.2, -0.15) is 0 Å². The summed E-state index contributed by atoms with van der Waals surface area (Å²) in [4.78, 5) is 22.5. The van der Waals surface area contributed by atoms with E-state index >= 15 is 0 Å². The molecule has 2 unspecified atom stereocenters. The van der Waals surface area contributed by atoms with Gasteiger partial charge < -0.3 is 9.90 Å². The second-order valence-electron chi connectivity index (χ2n) is 5.22. The van der Waals surface area contributed by atoms with Gasteiger partial charge in [0.15, 0.2) is 0 Å². The number of hydrogen-bond acceptors (Lipinski definition) is 3. The second-order valence-corrected chi connectivity index (χ2v) is 5.22. The van der Waals surface area contributed by atoms with Gasteiger partial charge in [-0.05, 0) is 24.2 Å². The molecule has 0 radical (unpaired) electrons. The number of fused-ring (bicyclic) bond motifs is 2. The number of carboxylic acid groups (broad SMARTS) is 1. The first kappa shape index (κ1) is 13.2. The molecule has 0 heterocycles. The third-order valence-corrected chi connectivity index (χ3v) is 4.59. The molecule has 0 aromatic carbocycles. The summed E-state index contributed by atoms with van der Waals surface area (Å²) in [7, 11) is 0. The summed E-state index contributed by atoms with van der Waals surface area (Å²) in [6.45, 7) is 4.05. The molecular formula is C11H15NaO3. The van der Waals surface area contributed by atoms with E-state index in [1.165, 1.54) is 0 Å². The van der Waals surface area contributed by atoms with Crippen molar-refractivity contribution in [3.8, 4) is 0 Å². The maximum Gasteiger partial charge on any atom is 1.00 e. The van der Waals surface area contributed by atoms with Crippen molar-refractivity contribution in [2.45, 2.75) is 39.5 Å². The molecule has 2 fully saturated rings. The van der Waals surface area contributed by atoms with E-state index in [1.54, 1.807) is 0 Å². The first-order valence-corrected chi connectivity index (χ1v) is 5.13. The van der Waals surface area contributed by atoms with E-state index in [4.69, 9.17) is 0 Å². The van der Waals surface area contributed by atoms with E-state index < -0.39 is 11.4 Å². The predicted molar refractivity (Wildman–Crippen MR) is 48.2 cm³/mol. The van der Waals surface area contributed by atoms with Crippen LogP contribution in [0.4, 0.5) is 0 Å². The maximum atomic E-state index is 11.8. The molecule has 2 saturated carbocycles. The van der Waals surface area contributed by atoms with Crippen molar-refractivity contribution < 1.29 is 44.3 Å². The molecule has 3 nitrogen and oxygen atoms in total. The Morgan fingerprint density at radius 3 is 2.47 bits per heavy atom. The largest absolute Gasteiger partial charge is 1.00 e. The summed E-state index contributed by atoms with van der Waals surface area (Å²) in [5, 5.41) is 10.7. The van der Waals surface area contributed by atoms with Crippen LogP contribution in [-0.2, 0) is 9.59 Å². The van der Waals surface area contributed by atoms with Gasteiger partial charge in [0.05, 0.1) is 0 Å². The summed E-state index contributed by atoms with van der Waals surface area (Å²) in [5.41, 5.74) is -0.763. The first-order valence-electron chi connectivity index (χ1n) is 5.13. The Morgan fingerprint density at radius 1 is 1.53 bits per heavy atom. The van der Waals surface area contributed by atoms with Gasteiger partial charge in [0.2, 0.25) is 0 Å². The standard InChI is InChI=1S/C11H16O3.Na/c1-10(2)7-3-4-11(10,6-9(13)14)8(12)5-7;/h7H,3-6H2,1-2H3,(H,13,14);/q;+1/p-1. The van der Waals surface area contributed by atoms with Crippen LogP contribution in [0.15, 0.2) is 0 Å². The van der Waals surface area contributed by atoms with E-state index in [0.717, 1.165) is 12.8 Å². The van der Waals surface area contributed by atoms with Crippen molar-refractivity contribution in [3.63, 3.8) is 0 Å². The number of aliphatic carboxylic acids is 1. The molecule has 15 heavy (non-hydrogen) atoms. The van der Waals surface area contributed by atoms with Crippen LogP contribution < -0.4 is 34.7 Å². The van der Waals surface area contributed by atoms with Gasteiger partial charge in [-0.1, -0.05) is 13.8 Å². The molecule has 0 N–H and O–H groups in total. The molecule has 0 aromatic rings. The van der Waals surface area contributed by atoms with Crippen LogP contribution in [0.25, 0.3) is 0 Å². The van der Waals surface area contributed by atoms with E-state index in [2.05, 4.69) is 0 Å². The van der Waals surface area contributed by atoms with Gasteiger partial charge in [-0.25, -0.2) is 0 Å². The summed E-state index contributed by atoms with van der Waals surface area (Å²) in [6.07, 6.45) is 2.21. The fourth-order valence-electron chi connectivity index (χ4n) is 3.43. The number of hydrogen-bond donors (Lipinski definition) is 0. The van der Waals surface area contributed by atoms with Gasteiger partial charge >= 0.3 is 29.6 Å².